The zero-order valence-corrected chi connectivity index (χ0v) is 23.3. The number of alkyl halides is 3. The molecular formula is C29H29F3N6O4. The molecule has 0 saturated heterocycles. The summed E-state index contributed by atoms with van der Waals surface area (Å²) in [5.74, 6) is -0.836. The van der Waals surface area contributed by atoms with Gasteiger partial charge in [-0.1, -0.05) is 6.07 Å². The van der Waals surface area contributed by atoms with Gasteiger partial charge in [0, 0.05) is 41.2 Å². The van der Waals surface area contributed by atoms with Gasteiger partial charge in [0.1, 0.15) is 11.4 Å². The fourth-order valence-electron chi connectivity index (χ4n) is 5.04. The van der Waals surface area contributed by atoms with E-state index >= 15 is 0 Å². The van der Waals surface area contributed by atoms with Crippen LogP contribution in [0.2, 0.25) is 0 Å². The smallest absolute Gasteiger partial charge is 0.405 e. The Morgan fingerprint density at radius 1 is 1.14 bits per heavy atom. The van der Waals surface area contributed by atoms with Crippen LogP contribution >= 0.6 is 0 Å². The third-order valence-electron chi connectivity index (χ3n) is 6.99. The molecule has 0 unspecified atom stereocenters. The molecule has 1 atom stereocenters. The van der Waals surface area contributed by atoms with E-state index in [0.717, 1.165) is 0 Å². The number of carbonyl (C=O) groups is 2. The number of hydrogen-bond acceptors (Lipinski definition) is 6. The molecular weight excluding hydrogens is 553 g/mol. The fourth-order valence-corrected chi connectivity index (χ4v) is 5.04. The molecule has 0 spiro atoms. The number of nitrogens with zero attached hydrogens (tertiary/aromatic N) is 3. The first-order chi connectivity index (χ1) is 19.9. The van der Waals surface area contributed by atoms with Crippen molar-refractivity contribution in [1.29, 1.82) is 0 Å². The molecule has 1 aliphatic heterocycles. The lowest BCUT2D eigenvalue weighted by atomic mass is 9.99. The summed E-state index contributed by atoms with van der Waals surface area (Å²) >= 11 is 0. The lowest BCUT2D eigenvalue weighted by Gasteiger charge is -2.34. The summed E-state index contributed by atoms with van der Waals surface area (Å²) in [7, 11) is 1.53. The second-order valence-electron chi connectivity index (χ2n) is 10.4. The lowest BCUT2D eigenvalue weighted by Crippen LogP contribution is -2.46. The van der Waals surface area contributed by atoms with Gasteiger partial charge in [0.05, 0.1) is 17.9 Å². The minimum atomic E-state index is -4.88. The predicted octanol–water partition coefficient (Wildman–Crippen LogP) is 4.38. The third-order valence-corrected chi connectivity index (χ3v) is 6.99. The Morgan fingerprint density at radius 2 is 1.86 bits per heavy atom. The van der Waals surface area contributed by atoms with E-state index < -0.39 is 24.1 Å². The molecule has 0 bridgehead atoms. The van der Waals surface area contributed by atoms with Crippen molar-refractivity contribution in [2.75, 3.05) is 12.4 Å². The maximum absolute atomic E-state index is 13.8. The quantitative estimate of drug-likeness (QED) is 0.310. The van der Waals surface area contributed by atoms with Gasteiger partial charge < -0.3 is 25.3 Å². The van der Waals surface area contributed by atoms with Crippen LogP contribution in [0.3, 0.4) is 0 Å². The van der Waals surface area contributed by atoms with Crippen LogP contribution in [-0.4, -0.2) is 56.7 Å². The minimum Gasteiger partial charge on any atom is -0.405 e. The lowest BCUT2D eigenvalue weighted by molar-refractivity contribution is -0.274. The average molecular weight is 583 g/mol. The summed E-state index contributed by atoms with van der Waals surface area (Å²) < 4.78 is 44.3. The second-order valence-corrected chi connectivity index (χ2v) is 10.4. The number of rotatable bonds is 6. The van der Waals surface area contributed by atoms with Gasteiger partial charge in [-0.3, -0.25) is 14.4 Å². The van der Waals surface area contributed by atoms with Crippen molar-refractivity contribution in [3.05, 3.63) is 81.4 Å². The van der Waals surface area contributed by atoms with Gasteiger partial charge in [-0.15, -0.1) is 13.2 Å². The van der Waals surface area contributed by atoms with Crippen LogP contribution < -0.4 is 20.9 Å². The topological polar surface area (TPSA) is 121 Å². The molecule has 0 saturated carbocycles. The number of hydrogen-bond donors (Lipinski definition) is 3. The van der Waals surface area contributed by atoms with E-state index in [4.69, 9.17) is 4.98 Å². The van der Waals surface area contributed by atoms with Crippen molar-refractivity contribution in [1.82, 2.24) is 24.8 Å². The van der Waals surface area contributed by atoms with Gasteiger partial charge in [-0.25, -0.2) is 9.55 Å². The van der Waals surface area contributed by atoms with Gasteiger partial charge in [0.2, 0.25) is 5.95 Å². The summed E-state index contributed by atoms with van der Waals surface area (Å²) in [6, 6.07) is 11.6. The summed E-state index contributed by atoms with van der Waals surface area (Å²) in [6.45, 7) is 5.61. The van der Waals surface area contributed by atoms with Crippen molar-refractivity contribution < 1.29 is 27.5 Å². The van der Waals surface area contributed by atoms with Crippen molar-refractivity contribution in [2.45, 2.75) is 52.2 Å². The van der Waals surface area contributed by atoms with Gasteiger partial charge in [-0.2, -0.15) is 0 Å². The number of fused-ring (bicyclic) bond motifs is 2. The van der Waals surface area contributed by atoms with E-state index in [2.05, 4.69) is 20.4 Å². The average Bonchev–Trinajstić information content (AvgIpc) is 3.37. The zero-order valence-electron chi connectivity index (χ0n) is 23.3. The highest BCUT2D eigenvalue weighted by atomic mass is 19.4. The van der Waals surface area contributed by atoms with Crippen molar-refractivity contribution in [3.63, 3.8) is 0 Å². The van der Waals surface area contributed by atoms with Crippen molar-refractivity contribution in [3.8, 4) is 11.4 Å². The van der Waals surface area contributed by atoms with Crippen LogP contribution in [0.5, 0.6) is 5.75 Å². The molecule has 13 heteroatoms. The van der Waals surface area contributed by atoms with E-state index in [1.807, 2.05) is 13.8 Å². The standard InChI is InChI=1S/C29H29F3N6O4/c1-15(2)34-28-36-23-14-37(27(41)22-13-19-21(35-22)6-5-7-24(19)42-29(30,31)32)16(3)12-20(23)26(40)38(28)18-10-8-17(9-11-18)25(39)33-4/h5-11,13,15-16,35H,12,14H2,1-4H3,(H,33,39)(H,34,36)/t16-/m1/s1. The van der Waals surface area contributed by atoms with Gasteiger partial charge in [0.15, 0.2) is 0 Å². The number of aromatic amines is 1. The second kappa shape index (κ2) is 10.9. The molecule has 4 aromatic rings. The first kappa shape index (κ1) is 28.7. The molecule has 0 aliphatic carbocycles. The van der Waals surface area contributed by atoms with Crippen LogP contribution in [0.25, 0.3) is 16.6 Å². The summed E-state index contributed by atoms with van der Waals surface area (Å²) in [5, 5.41) is 5.88. The number of benzene rings is 2. The minimum absolute atomic E-state index is 0.0229. The number of nitrogens with one attached hydrogen (secondary N) is 3. The van der Waals surface area contributed by atoms with E-state index in [1.54, 1.807) is 37.3 Å². The Morgan fingerprint density at radius 3 is 2.50 bits per heavy atom. The Kier molecular flexibility index (Phi) is 7.43. The molecule has 0 radical (unpaired) electrons. The Bertz CT molecular complexity index is 1730. The van der Waals surface area contributed by atoms with Gasteiger partial charge >= 0.3 is 6.36 Å². The highest BCUT2D eigenvalue weighted by Gasteiger charge is 2.34. The largest absolute Gasteiger partial charge is 0.573 e. The number of aromatic nitrogens is 3. The number of halogens is 3. The first-order valence-electron chi connectivity index (χ1n) is 13.3. The van der Waals surface area contributed by atoms with E-state index in [-0.39, 0.29) is 47.5 Å². The summed E-state index contributed by atoms with van der Waals surface area (Å²) in [4.78, 5) is 48.6. The monoisotopic (exact) mass is 582 g/mol. The molecule has 2 aromatic carbocycles. The molecule has 220 valence electrons. The van der Waals surface area contributed by atoms with Crippen LogP contribution in [0.1, 0.15) is 52.9 Å². The third kappa shape index (κ3) is 5.54. The van der Waals surface area contributed by atoms with Crippen LogP contribution in [0, 0.1) is 0 Å². The highest BCUT2D eigenvalue weighted by Crippen LogP contribution is 2.32. The van der Waals surface area contributed by atoms with E-state index in [9.17, 15) is 27.6 Å². The van der Waals surface area contributed by atoms with Crippen molar-refractivity contribution >= 4 is 28.7 Å². The predicted molar refractivity (Wildman–Crippen MR) is 150 cm³/mol. The number of H-pyrrole nitrogens is 1. The molecule has 1 aliphatic rings. The molecule has 42 heavy (non-hydrogen) atoms. The molecule has 2 amide bonds. The first-order valence-corrected chi connectivity index (χ1v) is 13.3. The van der Waals surface area contributed by atoms with E-state index in [1.165, 1.54) is 34.7 Å². The molecule has 3 heterocycles. The maximum Gasteiger partial charge on any atom is 0.573 e. The summed E-state index contributed by atoms with van der Waals surface area (Å²) in [5.41, 5.74) is 1.94. The number of anilines is 1. The molecule has 3 N–H and O–H groups in total. The van der Waals surface area contributed by atoms with Crippen LogP contribution in [-0.2, 0) is 13.0 Å². The Balaban J connectivity index is 1.51. The molecule has 2 aromatic heterocycles. The Labute approximate surface area is 238 Å². The van der Waals surface area contributed by atoms with Crippen LogP contribution in [0.4, 0.5) is 19.1 Å². The summed E-state index contributed by atoms with van der Waals surface area (Å²) in [6.07, 6.45) is -4.67. The zero-order chi connectivity index (χ0) is 30.3. The molecule has 5 rings (SSSR count). The van der Waals surface area contributed by atoms with Crippen molar-refractivity contribution in [2.24, 2.45) is 0 Å². The maximum atomic E-state index is 13.8. The normalized spacial score (nSPS) is 15.0. The highest BCUT2D eigenvalue weighted by molar-refractivity contribution is 6.00. The molecule has 10 nitrogen and oxygen atoms in total. The fraction of sp³-hybridized carbons (Fsp3) is 0.310. The number of ether oxygens (including phenoxy) is 1. The van der Waals surface area contributed by atoms with Crippen LogP contribution in [0.15, 0.2) is 53.3 Å². The van der Waals surface area contributed by atoms with E-state index in [0.29, 0.717) is 28.0 Å². The molecule has 0 fully saturated rings. The number of amides is 2. The Hall–Kier alpha value is -4.81. The van der Waals surface area contributed by atoms with Gasteiger partial charge in [0.25, 0.3) is 17.4 Å². The van der Waals surface area contributed by atoms with Gasteiger partial charge in [-0.05, 0) is 69.7 Å². The SMILES string of the molecule is CNC(=O)c1ccc(-n2c(NC(C)C)nc3c(c2=O)C[C@@H](C)N(C(=O)c2cc4c(OC(F)(F)F)cccc4[nH]2)C3)cc1. The number of carbonyl (C=O) groups excluding carboxylic acids is 2.